The molecular weight excluding hydrogens is 462 g/mol. The first kappa shape index (κ1) is 23.3. The van der Waals surface area contributed by atoms with Crippen LogP contribution in [0.1, 0.15) is 44.6 Å². The van der Waals surface area contributed by atoms with Gasteiger partial charge in [-0.2, -0.15) is 0 Å². The molecule has 0 bridgehead atoms. The first-order valence-electron chi connectivity index (χ1n) is 10.7. The highest BCUT2D eigenvalue weighted by Crippen LogP contribution is 2.41. The summed E-state index contributed by atoms with van der Waals surface area (Å²) >= 11 is 1.36. The number of nitro benzene ring substituents is 1. The van der Waals surface area contributed by atoms with E-state index in [2.05, 4.69) is 10.3 Å². The number of carbonyl (C=O) groups is 1. The van der Waals surface area contributed by atoms with E-state index in [9.17, 15) is 23.3 Å². The van der Waals surface area contributed by atoms with Crippen LogP contribution in [-0.4, -0.2) is 30.5 Å². The van der Waals surface area contributed by atoms with E-state index in [4.69, 9.17) is 0 Å². The van der Waals surface area contributed by atoms with Crippen LogP contribution < -0.4 is 5.32 Å². The number of fused-ring (bicyclic) bond motifs is 1. The third kappa shape index (κ3) is 4.77. The molecule has 1 saturated carbocycles. The van der Waals surface area contributed by atoms with Crippen LogP contribution in [0.25, 0.3) is 10.2 Å². The average Bonchev–Trinajstić information content (AvgIpc) is 3.41. The molecule has 1 fully saturated rings. The number of para-hydroxylation sites is 1. The molecule has 2 aromatic carbocycles. The smallest absolute Gasteiger partial charge is 0.288 e. The van der Waals surface area contributed by atoms with Crippen LogP contribution in [-0.2, 0) is 20.0 Å². The summed E-state index contributed by atoms with van der Waals surface area (Å²) in [6, 6.07) is 11.6. The van der Waals surface area contributed by atoms with E-state index in [1.165, 1.54) is 29.5 Å². The van der Waals surface area contributed by atoms with Crippen molar-refractivity contribution in [3.63, 3.8) is 0 Å². The summed E-state index contributed by atoms with van der Waals surface area (Å²) in [4.78, 5) is 28.7. The zero-order chi connectivity index (χ0) is 23.8. The number of nitro groups is 1. The van der Waals surface area contributed by atoms with E-state index in [0.717, 1.165) is 42.2 Å². The SMILES string of the molecule is CC(CC1CCCC1)(C(=O)Nc1nc2ccccc2s1)c1ccc(S(C)(=O)=O)c([N+](=O)[O-])c1. The Balaban J connectivity index is 1.75. The van der Waals surface area contributed by atoms with Crippen LogP contribution >= 0.6 is 11.3 Å². The maximum absolute atomic E-state index is 13.6. The van der Waals surface area contributed by atoms with Gasteiger partial charge in [-0.05, 0) is 43.0 Å². The van der Waals surface area contributed by atoms with Gasteiger partial charge in [-0.1, -0.05) is 55.2 Å². The molecular formula is C23H25N3O5S2. The van der Waals surface area contributed by atoms with Gasteiger partial charge in [0.1, 0.15) is 4.90 Å². The second kappa shape index (κ2) is 8.83. The Labute approximate surface area is 196 Å². The molecule has 1 atom stereocenters. The number of hydrogen-bond donors (Lipinski definition) is 1. The first-order chi connectivity index (χ1) is 15.6. The fourth-order valence-corrected chi connectivity index (χ4v) is 6.30. The lowest BCUT2D eigenvalue weighted by molar-refractivity contribution is -0.387. The van der Waals surface area contributed by atoms with Crippen molar-refractivity contribution in [3.05, 3.63) is 58.1 Å². The molecule has 0 spiro atoms. The fraction of sp³-hybridized carbons (Fsp3) is 0.391. The molecule has 3 aromatic rings. The van der Waals surface area contributed by atoms with Gasteiger partial charge in [-0.3, -0.25) is 14.9 Å². The van der Waals surface area contributed by atoms with Crippen LogP contribution in [0, 0.1) is 16.0 Å². The molecule has 0 aliphatic heterocycles. The van der Waals surface area contributed by atoms with Crippen LogP contribution in [0.5, 0.6) is 0 Å². The molecule has 1 N–H and O–H groups in total. The molecule has 174 valence electrons. The number of sulfone groups is 1. The quantitative estimate of drug-likeness (QED) is 0.366. The maximum Gasteiger partial charge on any atom is 0.288 e. The predicted molar refractivity (Wildman–Crippen MR) is 128 cm³/mol. The molecule has 0 saturated heterocycles. The van der Waals surface area contributed by atoms with Gasteiger partial charge in [-0.15, -0.1) is 0 Å². The number of nitrogens with zero attached hydrogens (tertiary/aromatic N) is 2. The van der Waals surface area contributed by atoms with Gasteiger partial charge in [-0.25, -0.2) is 13.4 Å². The molecule has 1 aliphatic carbocycles. The number of nitrogens with one attached hydrogen (secondary N) is 1. The van der Waals surface area contributed by atoms with Crippen LogP contribution in [0.4, 0.5) is 10.8 Å². The highest BCUT2D eigenvalue weighted by Gasteiger charge is 2.40. The minimum absolute atomic E-state index is 0.310. The summed E-state index contributed by atoms with van der Waals surface area (Å²) in [6.07, 6.45) is 5.62. The monoisotopic (exact) mass is 487 g/mol. The topological polar surface area (TPSA) is 119 Å². The minimum atomic E-state index is -3.80. The van der Waals surface area contributed by atoms with E-state index < -0.39 is 25.9 Å². The average molecular weight is 488 g/mol. The number of aromatic nitrogens is 1. The molecule has 1 aliphatic rings. The number of rotatable bonds is 7. The Kier molecular flexibility index (Phi) is 6.24. The molecule has 1 heterocycles. The molecule has 1 amide bonds. The fourth-order valence-electron chi connectivity index (χ4n) is 4.61. The van der Waals surface area contributed by atoms with Crippen molar-refractivity contribution in [3.8, 4) is 0 Å². The molecule has 8 nitrogen and oxygen atoms in total. The Morgan fingerprint density at radius 1 is 1.24 bits per heavy atom. The van der Waals surface area contributed by atoms with Crippen molar-refractivity contribution in [1.29, 1.82) is 0 Å². The van der Waals surface area contributed by atoms with Crippen LogP contribution in [0.3, 0.4) is 0 Å². The Hall–Kier alpha value is -2.85. The Bertz CT molecular complexity index is 1300. The summed E-state index contributed by atoms with van der Waals surface area (Å²) in [5.41, 5.74) is -0.399. The normalized spacial score (nSPS) is 16.5. The van der Waals surface area contributed by atoms with Crippen molar-refractivity contribution in [2.45, 2.75) is 49.3 Å². The van der Waals surface area contributed by atoms with E-state index in [0.29, 0.717) is 23.0 Å². The van der Waals surface area contributed by atoms with Gasteiger partial charge in [0, 0.05) is 12.3 Å². The number of benzene rings is 2. The van der Waals surface area contributed by atoms with Gasteiger partial charge in [0.05, 0.1) is 20.6 Å². The number of carbonyl (C=O) groups excluding carboxylic acids is 1. The van der Waals surface area contributed by atoms with Crippen LogP contribution in [0.2, 0.25) is 0 Å². The van der Waals surface area contributed by atoms with Crippen molar-refractivity contribution in [2.75, 3.05) is 11.6 Å². The van der Waals surface area contributed by atoms with E-state index >= 15 is 0 Å². The summed E-state index contributed by atoms with van der Waals surface area (Å²) in [6.45, 7) is 1.77. The molecule has 10 heteroatoms. The molecule has 1 unspecified atom stereocenters. The van der Waals surface area contributed by atoms with Gasteiger partial charge in [0.25, 0.3) is 5.69 Å². The lowest BCUT2D eigenvalue weighted by Gasteiger charge is -2.31. The lowest BCUT2D eigenvalue weighted by atomic mass is 9.74. The number of anilines is 1. The Morgan fingerprint density at radius 3 is 2.58 bits per heavy atom. The Morgan fingerprint density at radius 2 is 1.94 bits per heavy atom. The standard InChI is InChI=1S/C23H25N3O5S2/c1-23(14-15-7-3-4-8-15,16-11-12-20(33(2,30)31)18(13-16)26(28)29)21(27)25-22-24-17-9-5-6-10-19(17)32-22/h5-6,9-13,15H,3-4,7-8,14H2,1-2H3,(H,24,25,27). The first-order valence-corrected chi connectivity index (χ1v) is 13.4. The third-order valence-electron chi connectivity index (χ3n) is 6.38. The van der Waals surface area contributed by atoms with Crippen molar-refractivity contribution in [1.82, 2.24) is 4.98 Å². The van der Waals surface area contributed by atoms with Crippen molar-refractivity contribution in [2.24, 2.45) is 5.92 Å². The zero-order valence-electron chi connectivity index (χ0n) is 18.4. The largest absolute Gasteiger partial charge is 0.301 e. The van der Waals surface area contributed by atoms with E-state index in [1.54, 1.807) is 6.92 Å². The zero-order valence-corrected chi connectivity index (χ0v) is 20.0. The summed E-state index contributed by atoms with van der Waals surface area (Å²) < 4.78 is 25.1. The number of hydrogen-bond acceptors (Lipinski definition) is 7. The molecule has 0 radical (unpaired) electrons. The van der Waals surface area contributed by atoms with Gasteiger partial charge in [0.15, 0.2) is 15.0 Å². The van der Waals surface area contributed by atoms with Crippen LogP contribution in [0.15, 0.2) is 47.4 Å². The van der Waals surface area contributed by atoms with Gasteiger partial charge in [0.2, 0.25) is 5.91 Å². The summed E-state index contributed by atoms with van der Waals surface area (Å²) in [5.74, 6) is -0.000354. The summed E-state index contributed by atoms with van der Waals surface area (Å²) in [7, 11) is -3.80. The second-order valence-electron chi connectivity index (χ2n) is 8.84. The van der Waals surface area contributed by atoms with E-state index in [-0.39, 0.29) is 10.8 Å². The second-order valence-corrected chi connectivity index (χ2v) is 11.9. The molecule has 1 aromatic heterocycles. The predicted octanol–water partition coefficient (Wildman–Crippen LogP) is 5.08. The van der Waals surface area contributed by atoms with Gasteiger partial charge < -0.3 is 5.32 Å². The number of thiazole rings is 1. The highest BCUT2D eigenvalue weighted by atomic mass is 32.2. The van der Waals surface area contributed by atoms with Gasteiger partial charge >= 0.3 is 0 Å². The lowest BCUT2D eigenvalue weighted by Crippen LogP contribution is -2.39. The molecule has 4 rings (SSSR count). The van der Waals surface area contributed by atoms with E-state index in [1.807, 2.05) is 24.3 Å². The van der Waals surface area contributed by atoms with Crippen molar-refractivity contribution < 1.29 is 18.1 Å². The van der Waals surface area contributed by atoms with Crippen molar-refractivity contribution >= 4 is 48.1 Å². The minimum Gasteiger partial charge on any atom is -0.301 e. The summed E-state index contributed by atoms with van der Waals surface area (Å²) in [5, 5.41) is 15.1. The number of amides is 1. The molecule has 33 heavy (non-hydrogen) atoms. The third-order valence-corrected chi connectivity index (χ3v) is 8.48. The highest BCUT2D eigenvalue weighted by molar-refractivity contribution is 7.90. The maximum atomic E-state index is 13.6.